The molecule has 0 saturated carbocycles. The van der Waals surface area contributed by atoms with E-state index in [2.05, 4.69) is 10.2 Å². The van der Waals surface area contributed by atoms with Crippen molar-refractivity contribution in [1.29, 1.82) is 0 Å². The largest absolute Gasteiger partial charge is 0.480 e. The van der Waals surface area contributed by atoms with E-state index in [0.717, 1.165) is 26.1 Å². The van der Waals surface area contributed by atoms with Crippen LogP contribution in [0.15, 0.2) is 0 Å². The Morgan fingerprint density at radius 2 is 2.00 bits per heavy atom. The highest BCUT2D eigenvalue weighted by Crippen LogP contribution is 2.29. The summed E-state index contributed by atoms with van der Waals surface area (Å²) in [5.41, 5.74) is 0. The standard InChI is InChI=1S/C12H23BN2O4/c16-12(17)11-9(4-3-5-13(18)19)10(8-14-11)15-6-1-2-7-15/h9-11,14,18-19H,1-8H2,(H,16,17)/t9-,10+,11+/m1/s1. The van der Waals surface area contributed by atoms with Gasteiger partial charge in [0.05, 0.1) is 0 Å². The zero-order valence-electron chi connectivity index (χ0n) is 11.2. The monoisotopic (exact) mass is 270 g/mol. The van der Waals surface area contributed by atoms with Crippen LogP contribution in [-0.4, -0.2) is 64.9 Å². The molecule has 0 bridgehead atoms. The lowest BCUT2D eigenvalue weighted by molar-refractivity contribution is -0.140. The number of aliphatic carboxylic acids is 1. The Morgan fingerprint density at radius 3 is 2.58 bits per heavy atom. The van der Waals surface area contributed by atoms with Gasteiger partial charge in [-0.25, -0.2) is 0 Å². The van der Waals surface area contributed by atoms with Crippen molar-refractivity contribution in [2.45, 2.75) is 44.1 Å². The van der Waals surface area contributed by atoms with E-state index in [4.69, 9.17) is 10.0 Å². The Balaban J connectivity index is 1.95. The van der Waals surface area contributed by atoms with Gasteiger partial charge in [0.1, 0.15) is 6.04 Å². The molecule has 6 nitrogen and oxygen atoms in total. The minimum absolute atomic E-state index is 0.0642. The van der Waals surface area contributed by atoms with E-state index in [1.54, 1.807) is 0 Å². The van der Waals surface area contributed by atoms with Crippen molar-refractivity contribution < 1.29 is 19.9 Å². The number of hydrogen-bond acceptors (Lipinski definition) is 5. The molecule has 2 saturated heterocycles. The highest BCUT2D eigenvalue weighted by Gasteiger charge is 2.42. The molecule has 2 rings (SSSR count). The van der Waals surface area contributed by atoms with Crippen LogP contribution < -0.4 is 5.32 Å². The predicted molar refractivity (Wildman–Crippen MR) is 71.7 cm³/mol. The Hall–Kier alpha value is -0.625. The van der Waals surface area contributed by atoms with Crippen molar-refractivity contribution in [2.24, 2.45) is 5.92 Å². The van der Waals surface area contributed by atoms with Crippen LogP contribution in [0.5, 0.6) is 0 Å². The normalized spacial score (nSPS) is 31.8. The molecule has 0 radical (unpaired) electrons. The van der Waals surface area contributed by atoms with Gasteiger partial charge in [-0.05, 0) is 38.7 Å². The lowest BCUT2D eigenvalue weighted by Gasteiger charge is -2.29. The first-order valence-corrected chi connectivity index (χ1v) is 7.16. The highest BCUT2D eigenvalue weighted by atomic mass is 16.4. The summed E-state index contributed by atoms with van der Waals surface area (Å²) in [6.45, 7) is 2.83. The van der Waals surface area contributed by atoms with Crippen molar-refractivity contribution in [3.63, 3.8) is 0 Å². The van der Waals surface area contributed by atoms with E-state index in [1.807, 2.05) is 0 Å². The maximum atomic E-state index is 11.3. The van der Waals surface area contributed by atoms with Crippen LogP contribution in [0.25, 0.3) is 0 Å². The fourth-order valence-corrected chi connectivity index (χ4v) is 3.41. The summed E-state index contributed by atoms with van der Waals surface area (Å²) in [4.78, 5) is 13.7. The molecule has 0 spiro atoms. The maximum Gasteiger partial charge on any atom is 0.451 e. The minimum atomic E-state index is -1.29. The summed E-state index contributed by atoms with van der Waals surface area (Å²) >= 11 is 0. The van der Waals surface area contributed by atoms with Gasteiger partial charge in [-0.3, -0.25) is 9.69 Å². The Bertz CT molecular complexity index is 310. The second-order valence-corrected chi connectivity index (χ2v) is 5.61. The van der Waals surface area contributed by atoms with Crippen LogP contribution in [0.4, 0.5) is 0 Å². The number of nitrogens with zero attached hydrogens (tertiary/aromatic N) is 1. The van der Waals surface area contributed by atoms with Crippen molar-refractivity contribution in [2.75, 3.05) is 19.6 Å². The van der Waals surface area contributed by atoms with Gasteiger partial charge in [0.25, 0.3) is 0 Å². The molecule has 108 valence electrons. The second-order valence-electron chi connectivity index (χ2n) is 5.61. The lowest BCUT2D eigenvalue weighted by atomic mass is 9.80. The molecular formula is C12H23BN2O4. The Morgan fingerprint density at radius 1 is 1.32 bits per heavy atom. The average molecular weight is 270 g/mol. The minimum Gasteiger partial charge on any atom is -0.480 e. The van der Waals surface area contributed by atoms with Crippen LogP contribution >= 0.6 is 0 Å². The molecule has 0 aromatic carbocycles. The van der Waals surface area contributed by atoms with Crippen molar-refractivity contribution in [1.82, 2.24) is 10.2 Å². The first-order valence-electron chi connectivity index (χ1n) is 7.16. The number of likely N-dealkylation sites (tertiary alicyclic amines) is 1. The fraction of sp³-hybridized carbons (Fsp3) is 0.917. The molecule has 0 amide bonds. The third-order valence-electron chi connectivity index (χ3n) is 4.34. The van der Waals surface area contributed by atoms with E-state index < -0.39 is 19.1 Å². The van der Waals surface area contributed by atoms with Gasteiger partial charge in [-0.15, -0.1) is 0 Å². The van der Waals surface area contributed by atoms with Gasteiger partial charge in [-0.1, -0.05) is 6.42 Å². The maximum absolute atomic E-state index is 11.3. The summed E-state index contributed by atoms with van der Waals surface area (Å²) < 4.78 is 0. The van der Waals surface area contributed by atoms with Crippen LogP contribution in [0.2, 0.25) is 6.32 Å². The number of rotatable bonds is 6. The van der Waals surface area contributed by atoms with Gasteiger partial charge in [0.2, 0.25) is 0 Å². The molecule has 0 aromatic rings. The molecule has 7 heteroatoms. The van der Waals surface area contributed by atoms with Gasteiger partial charge in [-0.2, -0.15) is 0 Å². The van der Waals surface area contributed by atoms with Gasteiger partial charge >= 0.3 is 13.1 Å². The van der Waals surface area contributed by atoms with Crippen LogP contribution in [-0.2, 0) is 4.79 Å². The SMILES string of the molecule is O=C(O)[C@H]1NC[C@H](N2CCCC2)[C@H]1CCCB(O)O. The molecule has 0 aromatic heterocycles. The van der Waals surface area contributed by atoms with Gasteiger partial charge in [0.15, 0.2) is 0 Å². The van der Waals surface area contributed by atoms with Crippen LogP contribution in [0, 0.1) is 5.92 Å². The number of carboxylic acid groups (broad SMARTS) is 1. The molecule has 19 heavy (non-hydrogen) atoms. The van der Waals surface area contributed by atoms with E-state index in [9.17, 15) is 9.90 Å². The van der Waals surface area contributed by atoms with Crippen molar-refractivity contribution in [3.05, 3.63) is 0 Å². The fourth-order valence-electron chi connectivity index (χ4n) is 3.41. The second kappa shape index (κ2) is 6.70. The van der Waals surface area contributed by atoms with E-state index in [-0.39, 0.29) is 12.0 Å². The zero-order chi connectivity index (χ0) is 13.8. The third-order valence-corrected chi connectivity index (χ3v) is 4.34. The summed E-state index contributed by atoms with van der Waals surface area (Å²) in [6.07, 6.45) is 4.07. The smallest absolute Gasteiger partial charge is 0.451 e. The molecule has 2 aliphatic rings. The molecule has 0 unspecified atom stereocenters. The molecular weight excluding hydrogens is 247 g/mol. The summed E-state index contributed by atoms with van der Waals surface area (Å²) in [7, 11) is -1.29. The Kier molecular flexibility index (Phi) is 5.21. The first-order chi connectivity index (χ1) is 9.09. The zero-order valence-corrected chi connectivity index (χ0v) is 11.2. The van der Waals surface area contributed by atoms with Gasteiger partial charge < -0.3 is 20.5 Å². The van der Waals surface area contributed by atoms with Crippen LogP contribution in [0.3, 0.4) is 0 Å². The third kappa shape index (κ3) is 3.69. The van der Waals surface area contributed by atoms with Gasteiger partial charge in [0, 0.05) is 18.5 Å². The predicted octanol–water partition coefficient (Wildman–Crippen LogP) is -0.624. The van der Waals surface area contributed by atoms with E-state index in [0.29, 0.717) is 12.7 Å². The summed E-state index contributed by atoms with van der Waals surface area (Å²) in [6, 6.07) is -0.221. The summed E-state index contributed by atoms with van der Waals surface area (Å²) in [5.74, 6) is -0.731. The average Bonchev–Trinajstić information content (AvgIpc) is 2.95. The molecule has 2 aliphatic heterocycles. The number of hydrogen-bond donors (Lipinski definition) is 4. The van der Waals surface area contributed by atoms with Crippen molar-refractivity contribution >= 4 is 13.1 Å². The summed E-state index contributed by atoms with van der Waals surface area (Å²) in [5, 5.41) is 30.2. The first kappa shape index (κ1) is 14.8. The molecule has 2 heterocycles. The number of carboxylic acids is 1. The van der Waals surface area contributed by atoms with E-state index >= 15 is 0 Å². The number of nitrogens with one attached hydrogen (secondary N) is 1. The lowest BCUT2D eigenvalue weighted by Crippen LogP contribution is -2.41. The highest BCUT2D eigenvalue weighted by molar-refractivity contribution is 6.40. The molecule has 4 N–H and O–H groups in total. The Labute approximate surface area is 113 Å². The number of carbonyl (C=O) groups is 1. The molecule has 2 fully saturated rings. The molecule has 0 aliphatic carbocycles. The molecule has 3 atom stereocenters. The van der Waals surface area contributed by atoms with E-state index in [1.165, 1.54) is 12.8 Å². The van der Waals surface area contributed by atoms with Crippen molar-refractivity contribution in [3.8, 4) is 0 Å². The topological polar surface area (TPSA) is 93.0 Å². The quantitative estimate of drug-likeness (QED) is 0.481. The van der Waals surface area contributed by atoms with Crippen LogP contribution in [0.1, 0.15) is 25.7 Å².